The van der Waals surface area contributed by atoms with E-state index in [9.17, 15) is 28.7 Å². The van der Waals surface area contributed by atoms with Gasteiger partial charge in [-0.2, -0.15) is 0 Å². The highest BCUT2D eigenvalue weighted by molar-refractivity contribution is 5.97. The zero-order valence-electron chi connectivity index (χ0n) is 19.3. The highest BCUT2D eigenvalue weighted by Crippen LogP contribution is 2.22. The van der Waals surface area contributed by atoms with E-state index < -0.39 is 29.6 Å². The van der Waals surface area contributed by atoms with Crippen LogP contribution in [0.25, 0.3) is 10.9 Å². The molecule has 5 N–H and O–H groups in total. The van der Waals surface area contributed by atoms with E-state index in [2.05, 4.69) is 15.3 Å². The Balaban J connectivity index is 1.78. The number of carbonyl (C=O) groups is 3. The van der Waals surface area contributed by atoms with Crippen LogP contribution < -0.4 is 21.5 Å². The molecule has 2 aromatic carbocycles. The maximum Gasteiger partial charge on any atom is 0.326 e. The van der Waals surface area contributed by atoms with Crippen molar-refractivity contribution >= 4 is 34.4 Å². The van der Waals surface area contributed by atoms with Crippen LogP contribution in [0, 0.1) is 12.7 Å². The van der Waals surface area contributed by atoms with E-state index in [1.54, 1.807) is 25.1 Å². The molecule has 0 spiro atoms. The highest BCUT2D eigenvalue weighted by Gasteiger charge is 2.23. The van der Waals surface area contributed by atoms with E-state index in [0.29, 0.717) is 35.5 Å². The predicted molar refractivity (Wildman–Crippen MR) is 128 cm³/mol. The first-order valence-corrected chi connectivity index (χ1v) is 10.9. The first kappa shape index (κ1) is 25.3. The monoisotopic (exact) mass is 483 g/mol. The lowest BCUT2D eigenvalue weighted by Crippen LogP contribution is -2.41. The molecule has 1 heterocycles. The Morgan fingerprint density at radius 2 is 1.97 bits per heavy atom. The summed E-state index contributed by atoms with van der Waals surface area (Å²) in [4.78, 5) is 55.8. The quantitative estimate of drug-likeness (QED) is 0.342. The second kappa shape index (κ2) is 10.8. The van der Waals surface area contributed by atoms with Crippen LogP contribution in [-0.4, -0.2) is 45.4 Å². The number of nitrogens with zero attached hydrogens (tertiary/aromatic N) is 2. The summed E-state index contributed by atoms with van der Waals surface area (Å²) in [5.41, 5.74) is 6.36. The van der Waals surface area contributed by atoms with E-state index in [-0.39, 0.29) is 24.0 Å². The fraction of sp³-hybridized carbons (Fsp3) is 0.292. The Labute approximate surface area is 200 Å². The van der Waals surface area contributed by atoms with Gasteiger partial charge in [0, 0.05) is 25.2 Å². The first-order chi connectivity index (χ1) is 16.6. The molecule has 0 saturated heterocycles. The third-order valence-corrected chi connectivity index (χ3v) is 5.49. The van der Waals surface area contributed by atoms with Crippen LogP contribution in [0.3, 0.4) is 0 Å². The number of halogens is 1. The van der Waals surface area contributed by atoms with Crippen molar-refractivity contribution in [1.29, 1.82) is 0 Å². The topological polar surface area (TPSA) is 158 Å². The number of carbonyl (C=O) groups excluding carboxylic acids is 2. The van der Waals surface area contributed by atoms with Gasteiger partial charge in [0.05, 0.1) is 16.5 Å². The number of aromatic amines is 1. The van der Waals surface area contributed by atoms with Crippen LogP contribution in [0.4, 0.5) is 10.1 Å². The number of hydrogen-bond acceptors (Lipinski definition) is 6. The third kappa shape index (κ3) is 6.19. The first-order valence-electron chi connectivity index (χ1n) is 10.9. The summed E-state index contributed by atoms with van der Waals surface area (Å²) < 4.78 is 14.8. The molecule has 1 atom stereocenters. The number of nitrogens with one attached hydrogen (secondary N) is 2. The maximum atomic E-state index is 14.8. The average molecular weight is 484 g/mol. The van der Waals surface area contributed by atoms with Crippen LogP contribution in [0.5, 0.6) is 0 Å². The van der Waals surface area contributed by atoms with Crippen molar-refractivity contribution < 1.29 is 23.9 Å². The molecular formula is C24H26FN5O5. The van der Waals surface area contributed by atoms with Crippen molar-refractivity contribution in [3.05, 3.63) is 69.5 Å². The Bertz CT molecular complexity index is 1340. The summed E-state index contributed by atoms with van der Waals surface area (Å²) in [6.45, 7) is 4.47. The fourth-order valence-corrected chi connectivity index (χ4v) is 3.67. The molecule has 0 fully saturated rings. The highest BCUT2D eigenvalue weighted by atomic mass is 19.1. The van der Waals surface area contributed by atoms with Crippen molar-refractivity contribution in [3.8, 4) is 0 Å². The Morgan fingerprint density at radius 1 is 1.23 bits per heavy atom. The summed E-state index contributed by atoms with van der Waals surface area (Å²) in [6, 6.07) is 7.97. The molecule has 184 valence electrons. The van der Waals surface area contributed by atoms with Gasteiger partial charge in [0.25, 0.3) is 11.5 Å². The normalized spacial score (nSPS) is 11.7. The van der Waals surface area contributed by atoms with E-state index in [1.165, 1.54) is 12.1 Å². The van der Waals surface area contributed by atoms with Crippen molar-refractivity contribution in [1.82, 2.24) is 15.3 Å². The standard InChI is InChI=1S/C24H26FN5O5/c1-3-30(12-14-4-7-19-17(10-14)23(33)28-13(2)27-19)15-5-6-16(18(25)11-15)22(32)29-20(24(34)35)8-9-21(26)31/h4-7,10-11,20H,3,8-9,12H2,1-2H3,(H2,26,31)(H,29,32)(H,34,35)(H,27,28,33)/t20-/m0/s1. The fourth-order valence-electron chi connectivity index (χ4n) is 3.67. The Morgan fingerprint density at radius 3 is 2.60 bits per heavy atom. The Kier molecular flexibility index (Phi) is 7.80. The molecule has 3 rings (SSSR count). The second-order valence-electron chi connectivity index (χ2n) is 8.05. The van der Waals surface area contributed by atoms with E-state index in [4.69, 9.17) is 5.73 Å². The summed E-state index contributed by atoms with van der Waals surface area (Å²) in [5.74, 6) is -3.28. The molecular weight excluding hydrogens is 457 g/mol. The minimum atomic E-state index is -1.38. The molecule has 0 saturated carbocycles. The van der Waals surface area contributed by atoms with E-state index in [0.717, 1.165) is 5.56 Å². The number of rotatable bonds is 10. The van der Waals surface area contributed by atoms with Gasteiger partial charge >= 0.3 is 5.97 Å². The van der Waals surface area contributed by atoms with Gasteiger partial charge in [-0.3, -0.25) is 14.4 Å². The maximum absolute atomic E-state index is 14.8. The molecule has 0 aliphatic rings. The van der Waals surface area contributed by atoms with Gasteiger partial charge in [-0.1, -0.05) is 6.07 Å². The molecule has 35 heavy (non-hydrogen) atoms. The number of carboxylic acids is 1. The molecule has 11 heteroatoms. The molecule has 3 aromatic rings. The van der Waals surface area contributed by atoms with Gasteiger partial charge < -0.3 is 26.0 Å². The number of primary amides is 1. The lowest BCUT2D eigenvalue weighted by molar-refractivity contribution is -0.139. The zero-order chi connectivity index (χ0) is 25.7. The summed E-state index contributed by atoms with van der Waals surface area (Å²) in [6.07, 6.45) is -0.441. The lowest BCUT2D eigenvalue weighted by Gasteiger charge is -2.24. The number of amides is 2. The molecule has 0 unspecified atom stereocenters. The van der Waals surface area contributed by atoms with Crippen molar-refractivity contribution in [2.24, 2.45) is 5.73 Å². The van der Waals surface area contributed by atoms with Crippen molar-refractivity contribution in [2.75, 3.05) is 11.4 Å². The number of aliphatic carboxylic acids is 1. The Hall–Kier alpha value is -4.28. The SMILES string of the molecule is CCN(Cc1ccc2nc(C)[nH]c(=O)c2c1)c1ccc(C(=O)N[C@@H](CCC(N)=O)C(=O)O)c(F)c1. The second-order valence-corrected chi connectivity index (χ2v) is 8.05. The van der Waals surface area contributed by atoms with Crippen LogP contribution >= 0.6 is 0 Å². The molecule has 2 amide bonds. The molecule has 0 radical (unpaired) electrons. The minimum absolute atomic E-state index is 0.205. The summed E-state index contributed by atoms with van der Waals surface area (Å²) in [5, 5.41) is 11.9. The number of fused-ring (bicyclic) bond motifs is 1. The number of carboxylic acid groups (broad SMARTS) is 1. The molecule has 0 aliphatic carbocycles. The number of aryl methyl sites for hydroxylation is 1. The van der Waals surface area contributed by atoms with Crippen LogP contribution in [0.15, 0.2) is 41.2 Å². The molecule has 0 bridgehead atoms. The number of benzene rings is 2. The van der Waals surface area contributed by atoms with Gasteiger partial charge in [0.1, 0.15) is 17.7 Å². The number of hydrogen-bond donors (Lipinski definition) is 4. The van der Waals surface area contributed by atoms with Gasteiger partial charge in [-0.15, -0.1) is 0 Å². The average Bonchev–Trinajstić information content (AvgIpc) is 2.79. The van der Waals surface area contributed by atoms with Gasteiger partial charge in [-0.05, 0) is 56.2 Å². The summed E-state index contributed by atoms with van der Waals surface area (Å²) >= 11 is 0. The molecule has 0 aliphatic heterocycles. The minimum Gasteiger partial charge on any atom is -0.480 e. The smallest absolute Gasteiger partial charge is 0.326 e. The lowest BCUT2D eigenvalue weighted by atomic mass is 10.1. The third-order valence-electron chi connectivity index (χ3n) is 5.49. The molecule has 10 nitrogen and oxygen atoms in total. The summed E-state index contributed by atoms with van der Waals surface area (Å²) in [7, 11) is 0. The van der Waals surface area contributed by atoms with Gasteiger partial charge in [-0.25, -0.2) is 14.2 Å². The molecule has 1 aromatic heterocycles. The number of H-pyrrole nitrogens is 1. The van der Waals surface area contributed by atoms with Crippen LogP contribution in [-0.2, 0) is 16.1 Å². The number of aromatic nitrogens is 2. The van der Waals surface area contributed by atoms with Gasteiger partial charge in [0.15, 0.2) is 0 Å². The number of anilines is 1. The van der Waals surface area contributed by atoms with Crippen molar-refractivity contribution in [3.63, 3.8) is 0 Å². The van der Waals surface area contributed by atoms with Crippen LogP contribution in [0.1, 0.15) is 41.5 Å². The largest absolute Gasteiger partial charge is 0.480 e. The number of nitrogens with two attached hydrogens (primary N) is 1. The predicted octanol–water partition coefficient (Wildman–Crippen LogP) is 1.85. The van der Waals surface area contributed by atoms with E-state index >= 15 is 0 Å². The van der Waals surface area contributed by atoms with E-state index in [1.807, 2.05) is 17.9 Å². The van der Waals surface area contributed by atoms with Crippen molar-refractivity contribution in [2.45, 2.75) is 39.3 Å². The van der Waals surface area contributed by atoms with Crippen LogP contribution in [0.2, 0.25) is 0 Å². The van der Waals surface area contributed by atoms with Gasteiger partial charge in [0.2, 0.25) is 5.91 Å². The zero-order valence-corrected chi connectivity index (χ0v) is 19.3.